The Morgan fingerprint density at radius 1 is 1.47 bits per heavy atom. The fraction of sp³-hybridized carbons (Fsp3) is 0.600. The Labute approximate surface area is 114 Å². The molecule has 4 heteroatoms. The van der Waals surface area contributed by atoms with E-state index in [0.717, 1.165) is 30.9 Å². The van der Waals surface area contributed by atoms with Crippen molar-refractivity contribution in [2.75, 3.05) is 6.54 Å². The molecule has 1 fully saturated rings. The first-order valence-electron chi connectivity index (χ1n) is 7.18. The molecule has 0 saturated heterocycles. The molecule has 1 atom stereocenters. The number of hydrogen-bond acceptors (Lipinski definition) is 3. The van der Waals surface area contributed by atoms with E-state index < -0.39 is 0 Å². The molecule has 2 rings (SSSR count). The van der Waals surface area contributed by atoms with Crippen molar-refractivity contribution in [2.45, 2.75) is 45.1 Å². The molecule has 0 amide bonds. The molecule has 0 heterocycles. The second-order valence-electron chi connectivity index (χ2n) is 5.38. The number of rotatable bonds is 8. The summed E-state index contributed by atoms with van der Waals surface area (Å²) >= 11 is 0. The van der Waals surface area contributed by atoms with Gasteiger partial charge in [-0.05, 0) is 30.9 Å². The molecule has 1 aromatic carbocycles. The van der Waals surface area contributed by atoms with Crippen molar-refractivity contribution in [3.8, 4) is 0 Å². The Bertz CT molecular complexity index is 430. The molecular formula is C15H22N2O2. The number of nitro benzene ring substituents is 1. The lowest BCUT2D eigenvalue weighted by Gasteiger charge is -2.18. The SMILES string of the molecule is CCCC(NCCC1CC1)c1cccc([N+](=O)[O-])c1. The summed E-state index contributed by atoms with van der Waals surface area (Å²) in [4.78, 5) is 10.5. The molecule has 104 valence electrons. The minimum Gasteiger partial charge on any atom is -0.310 e. The van der Waals surface area contributed by atoms with E-state index in [1.165, 1.54) is 19.3 Å². The lowest BCUT2D eigenvalue weighted by Crippen LogP contribution is -2.22. The van der Waals surface area contributed by atoms with Crippen LogP contribution < -0.4 is 5.32 Å². The first-order valence-corrected chi connectivity index (χ1v) is 7.18. The fourth-order valence-electron chi connectivity index (χ4n) is 2.40. The van der Waals surface area contributed by atoms with Crippen LogP contribution in [0.4, 0.5) is 5.69 Å². The maximum atomic E-state index is 10.8. The highest BCUT2D eigenvalue weighted by molar-refractivity contribution is 5.35. The van der Waals surface area contributed by atoms with Gasteiger partial charge >= 0.3 is 0 Å². The summed E-state index contributed by atoms with van der Waals surface area (Å²) < 4.78 is 0. The molecule has 19 heavy (non-hydrogen) atoms. The van der Waals surface area contributed by atoms with Crippen LogP contribution >= 0.6 is 0 Å². The van der Waals surface area contributed by atoms with Crippen LogP contribution in [0.3, 0.4) is 0 Å². The summed E-state index contributed by atoms with van der Waals surface area (Å²) in [5.41, 5.74) is 1.22. The Balaban J connectivity index is 1.99. The summed E-state index contributed by atoms with van der Waals surface area (Å²) in [5.74, 6) is 0.917. The number of nitrogens with zero attached hydrogens (tertiary/aromatic N) is 1. The molecule has 1 unspecified atom stereocenters. The molecule has 1 aliphatic carbocycles. The average Bonchev–Trinajstić information content (AvgIpc) is 3.22. The van der Waals surface area contributed by atoms with E-state index in [4.69, 9.17) is 0 Å². The smallest absolute Gasteiger partial charge is 0.269 e. The fourth-order valence-corrected chi connectivity index (χ4v) is 2.40. The van der Waals surface area contributed by atoms with Gasteiger partial charge in [0.2, 0.25) is 0 Å². The van der Waals surface area contributed by atoms with Gasteiger partial charge in [0, 0.05) is 18.2 Å². The van der Waals surface area contributed by atoms with E-state index in [2.05, 4.69) is 12.2 Å². The van der Waals surface area contributed by atoms with E-state index in [9.17, 15) is 10.1 Å². The molecule has 4 nitrogen and oxygen atoms in total. The van der Waals surface area contributed by atoms with Crippen LogP contribution in [0, 0.1) is 16.0 Å². The minimum atomic E-state index is -0.323. The van der Waals surface area contributed by atoms with Crippen molar-refractivity contribution in [2.24, 2.45) is 5.92 Å². The monoisotopic (exact) mass is 262 g/mol. The predicted molar refractivity (Wildman–Crippen MR) is 76.1 cm³/mol. The molecule has 0 bridgehead atoms. The molecule has 0 aliphatic heterocycles. The van der Waals surface area contributed by atoms with Gasteiger partial charge in [0.25, 0.3) is 5.69 Å². The lowest BCUT2D eigenvalue weighted by molar-refractivity contribution is -0.384. The number of nitrogens with one attached hydrogen (secondary N) is 1. The second-order valence-corrected chi connectivity index (χ2v) is 5.38. The summed E-state index contributed by atoms with van der Waals surface area (Å²) in [6.45, 7) is 3.16. The van der Waals surface area contributed by atoms with Crippen LogP contribution in [0.5, 0.6) is 0 Å². The standard InChI is InChI=1S/C15H22N2O2/c1-2-4-15(16-10-9-12-7-8-12)13-5-3-6-14(11-13)17(18)19/h3,5-6,11-12,15-16H,2,4,7-10H2,1H3. The minimum absolute atomic E-state index is 0.183. The third kappa shape index (κ3) is 4.31. The van der Waals surface area contributed by atoms with E-state index in [-0.39, 0.29) is 16.7 Å². The number of benzene rings is 1. The molecule has 1 aromatic rings. The van der Waals surface area contributed by atoms with Crippen LogP contribution in [0.25, 0.3) is 0 Å². The van der Waals surface area contributed by atoms with Crippen molar-refractivity contribution in [3.05, 3.63) is 39.9 Å². The third-order valence-electron chi connectivity index (χ3n) is 3.70. The van der Waals surface area contributed by atoms with Crippen molar-refractivity contribution < 1.29 is 4.92 Å². The molecule has 0 spiro atoms. The Morgan fingerprint density at radius 3 is 2.89 bits per heavy atom. The Hall–Kier alpha value is -1.42. The van der Waals surface area contributed by atoms with Crippen molar-refractivity contribution >= 4 is 5.69 Å². The molecule has 0 aromatic heterocycles. The number of nitro groups is 1. The highest BCUT2D eigenvalue weighted by atomic mass is 16.6. The highest BCUT2D eigenvalue weighted by Crippen LogP contribution is 2.32. The van der Waals surface area contributed by atoms with Gasteiger partial charge in [0.05, 0.1) is 4.92 Å². The van der Waals surface area contributed by atoms with Crippen LogP contribution in [0.15, 0.2) is 24.3 Å². The summed E-state index contributed by atoms with van der Waals surface area (Å²) in [5, 5.41) is 14.4. The molecule has 1 N–H and O–H groups in total. The zero-order chi connectivity index (χ0) is 13.7. The quantitative estimate of drug-likeness (QED) is 0.572. The van der Waals surface area contributed by atoms with Crippen LogP contribution in [-0.4, -0.2) is 11.5 Å². The zero-order valence-corrected chi connectivity index (χ0v) is 11.5. The van der Waals surface area contributed by atoms with Crippen molar-refractivity contribution in [1.82, 2.24) is 5.32 Å². The first-order chi connectivity index (χ1) is 9.20. The van der Waals surface area contributed by atoms with Gasteiger partial charge in [-0.15, -0.1) is 0 Å². The van der Waals surface area contributed by atoms with Crippen LogP contribution in [0.2, 0.25) is 0 Å². The third-order valence-corrected chi connectivity index (χ3v) is 3.70. The topological polar surface area (TPSA) is 55.2 Å². The van der Waals surface area contributed by atoms with Crippen molar-refractivity contribution in [3.63, 3.8) is 0 Å². The maximum Gasteiger partial charge on any atom is 0.269 e. The summed E-state index contributed by atoms with van der Waals surface area (Å²) in [6, 6.07) is 7.25. The van der Waals surface area contributed by atoms with Gasteiger partial charge in [-0.3, -0.25) is 10.1 Å². The van der Waals surface area contributed by atoms with E-state index in [1.54, 1.807) is 18.2 Å². The number of hydrogen-bond donors (Lipinski definition) is 1. The predicted octanol–water partition coefficient (Wildman–Crippen LogP) is 3.83. The van der Waals surface area contributed by atoms with Gasteiger partial charge in [-0.1, -0.05) is 38.3 Å². The van der Waals surface area contributed by atoms with Gasteiger partial charge in [-0.2, -0.15) is 0 Å². The highest BCUT2D eigenvalue weighted by Gasteiger charge is 2.21. The van der Waals surface area contributed by atoms with Gasteiger partial charge in [-0.25, -0.2) is 0 Å². The molecule has 1 saturated carbocycles. The van der Waals surface area contributed by atoms with Crippen LogP contribution in [-0.2, 0) is 0 Å². The first kappa shape index (κ1) is 14.0. The van der Waals surface area contributed by atoms with Crippen molar-refractivity contribution in [1.29, 1.82) is 0 Å². The summed E-state index contributed by atoms with van der Waals surface area (Å²) in [6.07, 6.45) is 6.07. The average molecular weight is 262 g/mol. The van der Waals surface area contributed by atoms with Gasteiger partial charge in [0.15, 0.2) is 0 Å². The van der Waals surface area contributed by atoms with Crippen LogP contribution in [0.1, 0.15) is 50.6 Å². The molecular weight excluding hydrogens is 240 g/mol. The van der Waals surface area contributed by atoms with E-state index >= 15 is 0 Å². The molecule has 0 radical (unpaired) electrons. The normalized spacial score (nSPS) is 16.3. The lowest BCUT2D eigenvalue weighted by atomic mass is 10.0. The van der Waals surface area contributed by atoms with Gasteiger partial charge < -0.3 is 5.32 Å². The maximum absolute atomic E-state index is 10.8. The number of non-ortho nitro benzene ring substituents is 1. The zero-order valence-electron chi connectivity index (χ0n) is 11.5. The largest absolute Gasteiger partial charge is 0.310 e. The Kier molecular flexibility index (Phi) is 4.91. The van der Waals surface area contributed by atoms with E-state index in [1.807, 2.05) is 6.07 Å². The molecule has 1 aliphatic rings. The Morgan fingerprint density at radius 2 is 2.26 bits per heavy atom. The second kappa shape index (κ2) is 6.66. The van der Waals surface area contributed by atoms with E-state index in [0.29, 0.717) is 0 Å². The summed E-state index contributed by atoms with van der Waals surface area (Å²) in [7, 11) is 0. The van der Waals surface area contributed by atoms with Gasteiger partial charge in [0.1, 0.15) is 0 Å².